The summed E-state index contributed by atoms with van der Waals surface area (Å²) in [5.74, 6) is 0.426. The number of hydrogen-bond donors (Lipinski definition) is 1. The number of benzene rings is 1. The summed E-state index contributed by atoms with van der Waals surface area (Å²) in [5, 5.41) is 10.8. The predicted molar refractivity (Wildman–Crippen MR) is 93.4 cm³/mol. The summed E-state index contributed by atoms with van der Waals surface area (Å²) in [6, 6.07) is 6.72. The minimum atomic E-state index is -0.487. The molecule has 0 radical (unpaired) electrons. The molecule has 9 heteroatoms. The summed E-state index contributed by atoms with van der Waals surface area (Å²) in [7, 11) is 1.30. The van der Waals surface area contributed by atoms with Gasteiger partial charge < -0.3 is 10.1 Å². The smallest absolute Gasteiger partial charge is 0.339 e. The van der Waals surface area contributed by atoms with Crippen molar-refractivity contribution in [2.45, 2.75) is 15.6 Å². The van der Waals surface area contributed by atoms with Gasteiger partial charge in [0.25, 0.3) is 0 Å². The van der Waals surface area contributed by atoms with E-state index in [1.165, 1.54) is 30.2 Å². The zero-order valence-electron chi connectivity index (χ0n) is 12.6. The first-order chi connectivity index (χ1) is 11.1. The highest BCUT2D eigenvalue weighted by Crippen LogP contribution is 2.28. The number of hydrogen-bond acceptors (Lipinski definition) is 8. The van der Waals surface area contributed by atoms with Crippen LogP contribution in [0.3, 0.4) is 0 Å². The van der Waals surface area contributed by atoms with Crippen molar-refractivity contribution >= 4 is 52.4 Å². The van der Waals surface area contributed by atoms with Gasteiger partial charge in [0.1, 0.15) is 0 Å². The number of methoxy groups -OCH3 is 1. The summed E-state index contributed by atoms with van der Waals surface area (Å²) in [5.41, 5.74) is 0.760. The number of carbonyl (C=O) groups is 2. The molecule has 2 rings (SSSR count). The predicted octanol–water partition coefficient (Wildman–Crippen LogP) is 3.17. The van der Waals surface area contributed by atoms with E-state index in [0.717, 1.165) is 14.4 Å². The van der Waals surface area contributed by atoms with Crippen molar-refractivity contribution in [1.29, 1.82) is 0 Å². The number of carbonyl (C=O) groups excluding carboxylic acids is 2. The Balaban J connectivity index is 1.93. The lowest BCUT2D eigenvalue weighted by atomic mass is 10.2. The first-order valence-electron chi connectivity index (χ1n) is 6.70. The number of thioether (sulfide) groups is 2. The second-order valence-corrected chi connectivity index (χ2v) is 7.85. The molecule has 0 aliphatic carbocycles. The topological polar surface area (TPSA) is 81.2 Å². The molecule has 23 heavy (non-hydrogen) atoms. The molecule has 0 unspecified atom stereocenters. The average Bonchev–Trinajstić information content (AvgIpc) is 3.01. The van der Waals surface area contributed by atoms with Crippen LogP contribution >= 0.6 is 34.9 Å². The lowest BCUT2D eigenvalue weighted by Crippen LogP contribution is -2.17. The van der Waals surface area contributed by atoms with Crippen molar-refractivity contribution in [2.24, 2.45) is 0 Å². The van der Waals surface area contributed by atoms with Gasteiger partial charge in [-0.15, -0.1) is 10.2 Å². The zero-order chi connectivity index (χ0) is 16.7. The Morgan fingerprint density at radius 1 is 1.22 bits per heavy atom. The number of esters is 1. The molecule has 0 saturated carbocycles. The Morgan fingerprint density at radius 2 is 1.91 bits per heavy atom. The van der Waals surface area contributed by atoms with Crippen LogP contribution in [0.2, 0.25) is 0 Å². The molecule has 1 N–H and O–H groups in total. The van der Waals surface area contributed by atoms with Crippen molar-refractivity contribution in [1.82, 2.24) is 10.2 Å². The maximum absolute atomic E-state index is 12.0. The van der Waals surface area contributed by atoms with Gasteiger partial charge >= 0.3 is 5.97 Å². The van der Waals surface area contributed by atoms with Gasteiger partial charge in [-0.05, 0) is 17.9 Å². The molecule has 122 valence electrons. The van der Waals surface area contributed by atoms with Gasteiger partial charge in [0.15, 0.2) is 8.68 Å². The molecule has 1 heterocycles. The van der Waals surface area contributed by atoms with Gasteiger partial charge in [0, 0.05) is 0 Å². The van der Waals surface area contributed by atoms with Gasteiger partial charge in [0.2, 0.25) is 5.91 Å². The van der Waals surface area contributed by atoms with Crippen LogP contribution in [-0.4, -0.2) is 40.7 Å². The van der Waals surface area contributed by atoms with E-state index in [1.807, 2.05) is 6.92 Å². The summed E-state index contributed by atoms with van der Waals surface area (Å²) in [4.78, 5) is 23.7. The normalized spacial score (nSPS) is 10.3. The highest BCUT2D eigenvalue weighted by Gasteiger charge is 2.14. The highest BCUT2D eigenvalue weighted by molar-refractivity contribution is 8.03. The Hall–Kier alpha value is -1.58. The number of aromatic nitrogens is 2. The Bertz CT molecular complexity index is 691. The molecule has 0 saturated heterocycles. The lowest BCUT2D eigenvalue weighted by Gasteiger charge is -2.08. The van der Waals surface area contributed by atoms with E-state index in [9.17, 15) is 9.59 Å². The van der Waals surface area contributed by atoms with Crippen molar-refractivity contribution in [3.63, 3.8) is 0 Å². The maximum Gasteiger partial charge on any atom is 0.339 e. The standard InChI is InChI=1S/C14H15N3O3S3/c1-3-21-13-16-17-14(23-13)22-8-11(18)15-10-7-5-4-6-9(10)12(19)20-2/h4-7H,3,8H2,1-2H3,(H,15,18). The molecule has 1 aromatic carbocycles. The highest BCUT2D eigenvalue weighted by atomic mass is 32.2. The van der Waals surface area contributed by atoms with Crippen LogP contribution in [0.1, 0.15) is 17.3 Å². The maximum atomic E-state index is 12.0. The molecule has 1 aromatic heterocycles. The summed E-state index contributed by atoms with van der Waals surface area (Å²) >= 11 is 4.41. The van der Waals surface area contributed by atoms with Crippen LogP contribution in [0.15, 0.2) is 32.9 Å². The van der Waals surface area contributed by atoms with E-state index in [2.05, 4.69) is 15.5 Å². The SMILES string of the molecule is CCSc1nnc(SCC(=O)Nc2ccccc2C(=O)OC)s1. The minimum Gasteiger partial charge on any atom is -0.465 e. The number of para-hydroxylation sites is 1. The average molecular weight is 369 g/mol. The van der Waals surface area contributed by atoms with Crippen LogP contribution in [0.4, 0.5) is 5.69 Å². The fourth-order valence-electron chi connectivity index (χ4n) is 1.63. The molecule has 6 nitrogen and oxygen atoms in total. The van der Waals surface area contributed by atoms with E-state index in [0.29, 0.717) is 11.3 Å². The first-order valence-corrected chi connectivity index (χ1v) is 9.49. The second kappa shape index (κ2) is 8.90. The monoisotopic (exact) mass is 369 g/mol. The zero-order valence-corrected chi connectivity index (χ0v) is 15.0. The van der Waals surface area contributed by atoms with Gasteiger partial charge in [0.05, 0.1) is 24.1 Å². The molecular weight excluding hydrogens is 354 g/mol. The molecule has 0 atom stereocenters. The van der Waals surface area contributed by atoms with Crippen molar-refractivity contribution in [3.05, 3.63) is 29.8 Å². The third kappa shape index (κ3) is 5.22. The molecular formula is C14H15N3O3S3. The van der Waals surface area contributed by atoms with Crippen LogP contribution in [0, 0.1) is 0 Å². The summed E-state index contributed by atoms with van der Waals surface area (Å²) in [6.45, 7) is 2.05. The van der Waals surface area contributed by atoms with Gasteiger partial charge in [-0.2, -0.15) is 0 Å². The largest absolute Gasteiger partial charge is 0.465 e. The molecule has 0 aliphatic heterocycles. The Labute approximate surface area is 146 Å². The third-order valence-electron chi connectivity index (χ3n) is 2.59. The van der Waals surface area contributed by atoms with Crippen LogP contribution in [0.25, 0.3) is 0 Å². The van der Waals surface area contributed by atoms with Crippen LogP contribution in [0.5, 0.6) is 0 Å². The molecule has 0 fully saturated rings. The van der Waals surface area contributed by atoms with Gasteiger partial charge in [-0.25, -0.2) is 4.79 Å². The Morgan fingerprint density at radius 3 is 2.61 bits per heavy atom. The molecule has 0 aliphatic rings. The summed E-state index contributed by atoms with van der Waals surface area (Å²) in [6.07, 6.45) is 0. The van der Waals surface area contributed by atoms with Gasteiger partial charge in [-0.1, -0.05) is 53.9 Å². The molecule has 0 spiro atoms. The van der Waals surface area contributed by atoms with E-state index in [4.69, 9.17) is 4.74 Å². The van der Waals surface area contributed by atoms with Crippen molar-refractivity contribution in [2.75, 3.05) is 23.9 Å². The molecule has 1 amide bonds. The second-order valence-electron chi connectivity index (χ2n) is 4.14. The van der Waals surface area contributed by atoms with Crippen LogP contribution in [-0.2, 0) is 9.53 Å². The molecule has 2 aromatic rings. The number of nitrogens with one attached hydrogen (secondary N) is 1. The van der Waals surface area contributed by atoms with E-state index < -0.39 is 5.97 Å². The number of anilines is 1. The quantitative estimate of drug-likeness (QED) is 0.593. The van der Waals surface area contributed by atoms with Gasteiger partial charge in [-0.3, -0.25) is 4.79 Å². The fraction of sp³-hybridized carbons (Fsp3) is 0.286. The molecule has 0 bridgehead atoms. The first kappa shape index (κ1) is 17.8. The van der Waals surface area contributed by atoms with E-state index >= 15 is 0 Å². The number of ether oxygens (including phenoxy) is 1. The van der Waals surface area contributed by atoms with Crippen molar-refractivity contribution in [3.8, 4) is 0 Å². The number of nitrogens with zero attached hydrogens (tertiary/aromatic N) is 2. The fourth-order valence-corrected chi connectivity index (χ4v) is 4.35. The van der Waals surface area contributed by atoms with E-state index in [-0.39, 0.29) is 11.7 Å². The van der Waals surface area contributed by atoms with E-state index in [1.54, 1.807) is 36.0 Å². The number of amides is 1. The van der Waals surface area contributed by atoms with Crippen molar-refractivity contribution < 1.29 is 14.3 Å². The number of rotatable bonds is 7. The Kier molecular flexibility index (Phi) is 6.87. The van der Waals surface area contributed by atoms with Crippen LogP contribution < -0.4 is 5.32 Å². The summed E-state index contributed by atoms with van der Waals surface area (Å²) < 4.78 is 6.34. The third-order valence-corrected chi connectivity index (χ3v) is 5.66. The minimum absolute atomic E-state index is 0.195. The lowest BCUT2D eigenvalue weighted by molar-refractivity contribution is -0.113.